The van der Waals surface area contributed by atoms with Crippen LogP contribution in [0.2, 0.25) is 0 Å². The number of hydrogen-bond acceptors (Lipinski definition) is 26. The molecule has 0 saturated carbocycles. The molecule has 30 heteroatoms. The first kappa shape index (κ1) is 80.4. The summed E-state index contributed by atoms with van der Waals surface area (Å²) >= 11 is 0. The number of nitrogens with zero attached hydrogens (tertiary/aromatic N) is 12. The second-order valence-corrected chi connectivity index (χ2v) is 20.7. The summed E-state index contributed by atoms with van der Waals surface area (Å²) in [5.74, 6) is -3.98. The number of hydrogen-bond donors (Lipinski definition) is 0. The molecule has 0 saturated heterocycles. The zero-order chi connectivity index (χ0) is 70.2. The van der Waals surface area contributed by atoms with Crippen molar-refractivity contribution < 1.29 is 121 Å². The average molecular weight is 1490 g/mol. The third-order valence-electron chi connectivity index (χ3n) is 12.9. The molecule has 26 nitrogen and oxygen atoms in total. The largest absolute Gasteiger partial charge is 2.00 e. The summed E-state index contributed by atoms with van der Waals surface area (Å²) < 4.78 is 78.0. The first-order valence-corrected chi connectivity index (χ1v) is 31.0. The Hall–Kier alpha value is -10.2. The van der Waals surface area contributed by atoms with E-state index in [0.29, 0.717) is 45.6 Å². The number of halogens is 2. The molecular weight excluding hydrogens is 1430 g/mol. The molecule has 0 aliphatic rings. The number of methoxy groups -OCH3 is 2. The van der Waals surface area contributed by atoms with Crippen LogP contribution in [0.1, 0.15) is 55.1 Å². The van der Waals surface area contributed by atoms with Crippen molar-refractivity contribution in [1.82, 2.24) is 59.8 Å². The second-order valence-electron chi connectivity index (χ2n) is 19.2. The molecule has 0 amide bonds. The first-order chi connectivity index (χ1) is 47.2. The Balaban J connectivity index is 0.000000210. The van der Waals surface area contributed by atoms with E-state index in [-0.39, 0.29) is 45.7 Å². The molecule has 12 aromatic heterocycles. The molecule has 0 bridgehead atoms. The van der Waals surface area contributed by atoms with E-state index in [2.05, 4.69) is 108 Å². The molecule has 12 heterocycles. The molecule has 0 aliphatic carbocycles. The van der Waals surface area contributed by atoms with Crippen molar-refractivity contribution in [3.8, 4) is 0 Å². The summed E-state index contributed by atoms with van der Waals surface area (Å²) in [4.78, 5) is 72.8. The van der Waals surface area contributed by atoms with Gasteiger partial charge >= 0.3 is 34.1 Å². The maximum atomic E-state index is 12.5. The average Bonchev–Trinajstić information content (AvgIpc) is 0.823. The Kier molecular flexibility index (Phi) is 32.7. The molecule has 0 aliphatic heterocycles. The number of carbonyl (C=O) groups is 2. The molecule has 0 atom stereocenters. The Morgan fingerprint density at radius 1 is 0.270 bits per heavy atom. The van der Waals surface area contributed by atoms with Crippen molar-refractivity contribution in [3.63, 3.8) is 0 Å². The van der Waals surface area contributed by atoms with Gasteiger partial charge in [0, 0.05) is 110 Å². The van der Waals surface area contributed by atoms with Gasteiger partial charge in [0.15, 0.2) is 0 Å². The van der Waals surface area contributed by atoms with Gasteiger partial charge in [-0.2, -0.15) is 0 Å². The summed E-state index contributed by atoms with van der Waals surface area (Å²) in [6.45, 7) is 0. The summed E-state index contributed by atoms with van der Waals surface area (Å²) in [6.07, 6.45) is 19.8. The topological polar surface area (TPSA) is 438 Å². The van der Waals surface area contributed by atoms with Gasteiger partial charge in [0.2, 0.25) is 11.6 Å². The van der Waals surface area contributed by atoms with Gasteiger partial charge in [-0.15, -0.1) is 20.5 Å². The number of ether oxygens (including phenoxy) is 2. The molecule has 0 N–H and O–H groups in total. The van der Waals surface area contributed by atoms with Crippen molar-refractivity contribution >= 4 is 55.2 Å². The minimum absolute atomic E-state index is 0. The molecule has 0 spiro atoms. The number of benzene rings is 2. The normalized spacial score (nSPS) is 10.6. The Morgan fingerprint density at radius 3 is 0.610 bits per heavy atom. The van der Waals surface area contributed by atoms with Crippen LogP contribution in [0.5, 0.6) is 0 Å². The van der Waals surface area contributed by atoms with Crippen molar-refractivity contribution in [1.29, 1.82) is 0 Å². The van der Waals surface area contributed by atoms with Crippen LogP contribution in [0, 0.1) is 20.5 Å². The number of aromatic nitrogens is 12. The fourth-order valence-corrected chi connectivity index (χ4v) is 8.52. The fraction of sp³-hybridized carbons (Fsp3) is 0.0571. The van der Waals surface area contributed by atoms with Gasteiger partial charge in [-0.25, -0.2) is 37.3 Å². The molecule has 2 aromatic carbocycles. The maximum absolute atomic E-state index is 12.5. The maximum Gasteiger partial charge on any atom is 2.00 e. The van der Waals surface area contributed by atoms with Gasteiger partial charge in [0.1, 0.15) is 22.8 Å². The monoisotopic (exact) mass is 1480 g/mol. The van der Waals surface area contributed by atoms with E-state index >= 15 is 0 Å². The molecule has 100 heavy (non-hydrogen) atoms. The van der Waals surface area contributed by atoms with Gasteiger partial charge < -0.3 is 19.7 Å². The van der Waals surface area contributed by atoms with Crippen molar-refractivity contribution in [2.24, 2.45) is 0 Å². The van der Waals surface area contributed by atoms with Crippen molar-refractivity contribution in [2.75, 3.05) is 14.2 Å². The second kappa shape index (κ2) is 40.6. The third-order valence-corrected chi connectivity index (χ3v) is 12.9. The predicted molar refractivity (Wildman–Crippen MR) is 330 cm³/mol. The van der Waals surface area contributed by atoms with E-state index in [1.807, 2.05) is 24.3 Å². The van der Waals surface area contributed by atoms with E-state index in [4.69, 9.17) is 46.7 Å². The van der Waals surface area contributed by atoms with Crippen LogP contribution in [0.3, 0.4) is 0 Å². The van der Waals surface area contributed by atoms with Crippen LogP contribution in [-0.4, -0.2) is 85.6 Å². The fourth-order valence-electron chi connectivity index (χ4n) is 8.52. The zero-order valence-corrected chi connectivity index (χ0v) is 55.5. The predicted octanol–water partition coefficient (Wildman–Crippen LogP) is 0.833. The van der Waals surface area contributed by atoms with Gasteiger partial charge in [0.25, 0.3) is 0 Å². The standard InChI is InChI=1S/2C12H11N2O2.2C12H8N2.2C11H8N2O.2ClHO4.2Cu/c2*1-16-12(15,10-6-2-4-8-13-10)11-7-3-5-9-14-11;2*1-3-9-5-6-10-4-2-8-14-12(10)11(9)13-7-1;2*14-11(9-5-1-3-7-12-9)10-6-2-4-8-13-10;2*2-1(3,4)5;;/h2*2-9H,1H3;4*1-8H;2*(H,2,3,4,5);;/q2*-1;;;;;;;2*+2/p-2. The van der Waals surface area contributed by atoms with Gasteiger partial charge in [-0.3, -0.25) is 69.4 Å². The number of rotatable bonds is 10. The number of fused-ring (bicyclic) bond motifs is 6. The SMILES string of the molecule is COC([O-])(c1ccccn1)c1ccccn1.COC([O-])(c1ccccn1)c1ccccn1.O=C(c1ccccn1)c1ccccn1.O=C(c1ccccn1)c1ccccn1.[Cu+2].[Cu+2].[O-][Cl+3]([O-])([O-])[O-].[O-][Cl+3]([O-])([O-])[O-].c1cnc2c(c1)ccc1cccnc12.c1cnc2c(c1)ccc1cccnc12. The minimum Gasteiger partial charge on any atom is -0.819 e. The van der Waals surface area contributed by atoms with Crippen LogP contribution in [-0.2, 0) is 55.2 Å². The number of pyridine rings is 12. The molecule has 14 rings (SSSR count). The quantitative estimate of drug-likeness (QED) is 0.0792. The van der Waals surface area contributed by atoms with E-state index in [9.17, 15) is 19.8 Å². The zero-order valence-electron chi connectivity index (χ0n) is 52.2. The van der Waals surface area contributed by atoms with Gasteiger partial charge in [0.05, 0.1) is 56.4 Å². The number of ketones is 2. The van der Waals surface area contributed by atoms with Crippen molar-refractivity contribution in [2.45, 2.75) is 11.6 Å². The van der Waals surface area contributed by atoms with Crippen LogP contribution in [0.25, 0.3) is 43.6 Å². The molecular formula is C70H54Cl2Cu2N12O14. The van der Waals surface area contributed by atoms with E-state index < -0.39 is 32.1 Å². The Morgan fingerprint density at radius 2 is 0.450 bits per heavy atom. The Labute approximate surface area is 596 Å². The third kappa shape index (κ3) is 25.2. The number of carbonyl (C=O) groups excluding carboxylic acids is 2. The summed E-state index contributed by atoms with van der Waals surface area (Å²) in [6, 6.07) is 65.7. The van der Waals surface area contributed by atoms with E-state index in [1.54, 1.807) is 220 Å². The molecule has 0 unspecified atom stereocenters. The summed E-state index contributed by atoms with van der Waals surface area (Å²) in [7, 11) is -7.17. The molecule has 514 valence electrons. The van der Waals surface area contributed by atoms with Gasteiger partial charge in [-0.1, -0.05) is 97.1 Å². The van der Waals surface area contributed by atoms with Crippen LogP contribution < -0.4 is 47.5 Å². The Bertz CT molecular complexity index is 4110. The first-order valence-electron chi connectivity index (χ1n) is 28.5. The van der Waals surface area contributed by atoms with Gasteiger partial charge in [-0.05, 0) is 121 Å². The van der Waals surface area contributed by atoms with E-state index in [1.165, 1.54) is 14.2 Å². The molecule has 14 aromatic rings. The summed E-state index contributed by atoms with van der Waals surface area (Å²) in [5, 5.41) is 29.6. The smallest absolute Gasteiger partial charge is 0.819 e. The van der Waals surface area contributed by atoms with Crippen LogP contribution >= 0.6 is 0 Å². The van der Waals surface area contributed by atoms with Crippen LogP contribution in [0.4, 0.5) is 0 Å². The summed E-state index contributed by atoms with van der Waals surface area (Å²) in [5.41, 5.74) is 6.81. The van der Waals surface area contributed by atoms with E-state index in [0.717, 1.165) is 43.6 Å². The van der Waals surface area contributed by atoms with Crippen molar-refractivity contribution in [3.05, 3.63) is 338 Å². The minimum atomic E-state index is -4.94. The molecule has 0 fully saturated rings. The molecule has 2 radical (unpaired) electrons. The van der Waals surface area contributed by atoms with Crippen LogP contribution in [0.15, 0.2) is 293 Å².